The van der Waals surface area contributed by atoms with Gasteiger partial charge in [0, 0.05) is 37.2 Å². The van der Waals surface area contributed by atoms with E-state index < -0.39 is 16.1 Å². The fraction of sp³-hybridized carbons (Fsp3) is 0. The molecule has 1 nitrogen and oxygen atoms in total. The van der Waals surface area contributed by atoms with Crippen molar-refractivity contribution in [3.8, 4) is 33.4 Å². The van der Waals surface area contributed by atoms with Gasteiger partial charge in [-0.3, -0.25) is 0 Å². The predicted molar refractivity (Wildman–Crippen MR) is 305 cm³/mol. The van der Waals surface area contributed by atoms with Gasteiger partial charge in [-0.15, -0.1) is 11.3 Å². The first-order valence-electron chi connectivity index (χ1n) is 24.2. The molecule has 0 atom stereocenters. The van der Waals surface area contributed by atoms with Gasteiger partial charge < -0.3 is 4.90 Å². The van der Waals surface area contributed by atoms with Gasteiger partial charge in [0.15, 0.2) is 16.1 Å². The molecule has 328 valence electrons. The number of rotatable bonds is 8. The summed E-state index contributed by atoms with van der Waals surface area (Å²) in [6.45, 7) is 0. The molecule has 0 saturated heterocycles. The minimum atomic E-state index is -2.74. The molecular weight excluding hydrogens is 895 g/mol. The average molecular weight is 940 g/mol. The van der Waals surface area contributed by atoms with Crippen LogP contribution in [0.15, 0.2) is 273 Å². The van der Waals surface area contributed by atoms with Crippen LogP contribution >= 0.6 is 11.3 Å². The second-order valence-corrected chi connectivity index (χ2v) is 27.3. The van der Waals surface area contributed by atoms with Gasteiger partial charge in [-0.2, -0.15) is 0 Å². The molecule has 12 aromatic rings. The van der Waals surface area contributed by atoms with Gasteiger partial charge in [-0.05, 0) is 117 Å². The Balaban J connectivity index is 0.942. The van der Waals surface area contributed by atoms with Crippen molar-refractivity contribution in [2.24, 2.45) is 0 Å². The van der Waals surface area contributed by atoms with Crippen LogP contribution in [0.25, 0.3) is 53.6 Å². The zero-order valence-electron chi connectivity index (χ0n) is 38.3. The molecule has 2 aliphatic heterocycles. The second kappa shape index (κ2) is 16.3. The van der Waals surface area contributed by atoms with Gasteiger partial charge in [-0.25, -0.2) is 0 Å². The van der Waals surface area contributed by atoms with E-state index in [1.165, 1.54) is 95.0 Å². The fourth-order valence-electron chi connectivity index (χ4n) is 12.3. The zero-order chi connectivity index (χ0) is 46.2. The summed E-state index contributed by atoms with van der Waals surface area (Å²) in [7, 11) is -5.38. The Morgan fingerprint density at radius 3 is 1.30 bits per heavy atom. The molecule has 2 aliphatic rings. The molecule has 70 heavy (non-hydrogen) atoms. The van der Waals surface area contributed by atoms with E-state index in [-0.39, 0.29) is 0 Å². The third kappa shape index (κ3) is 6.01. The summed E-state index contributed by atoms with van der Waals surface area (Å²) in [5.41, 5.74) is 11.3. The van der Waals surface area contributed by atoms with Gasteiger partial charge >= 0.3 is 0 Å². The first kappa shape index (κ1) is 40.9. The number of hydrogen-bond acceptors (Lipinski definition) is 2. The number of fused-ring (bicyclic) bond motifs is 9. The van der Waals surface area contributed by atoms with Crippen LogP contribution < -0.4 is 46.4 Å². The van der Waals surface area contributed by atoms with Crippen LogP contribution in [0.5, 0.6) is 0 Å². The topological polar surface area (TPSA) is 3.24 Å². The maximum atomic E-state index is 2.53. The minimum Gasteiger partial charge on any atom is -0.310 e. The summed E-state index contributed by atoms with van der Waals surface area (Å²) in [5.74, 6) is 0. The molecule has 3 heterocycles. The summed E-state index contributed by atoms with van der Waals surface area (Å²) in [6, 6.07) is 103. The van der Waals surface area contributed by atoms with E-state index in [0.29, 0.717) is 0 Å². The molecular formula is C66H45NSSi2. The molecule has 0 radical (unpaired) electrons. The van der Waals surface area contributed by atoms with Gasteiger partial charge in [0.1, 0.15) is 0 Å². The first-order valence-corrected chi connectivity index (χ1v) is 29.1. The lowest BCUT2D eigenvalue weighted by atomic mass is 10.00. The number of benzene rings is 11. The molecule has 0 aliphatic carbocycles. The Hall–Kier alpha value is -8.13. The van der Waals surface area contributed by atoms with Crippen molar-refractivity contribution < 1.29 is 0 Å². The van der Waals surface area contributed by atoms with E-state index in [4.69, 9.17) is 0 Å². The lowest BCUT2D eigenvalue weighted by Crippen LogP contribution is -2.72. The smallest absolute Gasteiger partial charge is 0.180 e. The van der Waals surface area contributed by atoms with E-state index in [9.17, 15) is 0 Å². The lowest BCUT2D eigenvalue weighted by molar-refractivity contribution is 1.29. The van der Waals surface area contributed by atoms with Gasteiger partial charge in [0.05, 0.1) is 0 Å². The van der Waals surface area contributed by atoms with Crippen LogP contribution in [0.2, 0.25) is 0 Å². The maximum absolute atomic E-state index is 2.74. The Kier molecular flexibility index (Phi) is 9.50. The number of thiophene rings is 1. The molecule has 14 rings (SSSR count). The first-order chi connectivity index (χ1) is 34.7. The van der Waals surface area contributed by atoms with Crippen molar-refractivity contribution in [1.29, 1.82) is 0 Å². The molecule has 0 amide bonds. The van der Waals surface area contributed by atoms with Crippen LogP contribution in [0.1, 0.15) is 0 Å². The molecule has 11 aromatic carbocycles. The Morgan fingerprint density at radius 1 is 0.257 bits per heavy atom. The average Bonchev–Trinajstić information content (AvgIpc) is 4.07. The van der Waals surface area contributed by atoms with Crippen molar-refractivity contribution in [1.82, 2.24) is 0 Å². The Morgan fingerprint density at radius 2 is 0.700 bits per heavy atom. The van der Waals surface area contributed by atoms with Crippen molar-refractivity contribution in [2.75, 3.05) is 4.90 Å². The Labute approximate surface area is 414 Å². The van der Waals surface area contributed by atoms with Crippen molar-refractivity contribution in [3.63, 3.8) is 0 Å². The van der Waals surface area contributed by atoms with Crippen LogP contribution in [-0.4, -0.2) is 16.1 Å². The highest BCUT2D eigenvalue weighted by Gasteiger charge is 2.50. The molecule has 0 spiro atoms. The van der Waals surface area contributed by atoms with E-state index in [1.807, 2.05) is 11.3 Å². The summed E-state index contributed by atoms with van der Waals surface area (Å²) in [4.78, 5) is 2.49. The van der Waals surface area contributed by atoms with Crippen molar-refractivity contribution >= 4 is 106 Å². The lowest BCUT2D eigenvalue weighted by Gasteiger charge is -2.33. The third-order valence-electron chi connectivity index (χ3n) is 15.2. The monoisotopic (exact) mass is 939 g/mol. The minimum absolute atomic E-state index is 1.12. The van der Waals surface area contributed by atoms with Gasteiger partial charge in [0.25, 0.3) is 0 Å². The fourth-order valence-corrected chi connectivity index (χ4v) is 23.9. The molecule has 0 unspecified atom stereocenters. The number of anilines is 3. The number of hydrogen-bond donors (Lipinski definition) is 0. The standard InChI is InChI=1S/C66H45NSSi2/c1-4-20-51(21-5-1)69(52-22-6-2-7-23-52)63-32-15-13-30-59(63)60-41-37-47(43-66(60)69)46-35-38-48(39-36-46)67(50-40-42-56-55-27-10-14-31-61(55)68-62(56)45-50)49-19-18-26-54(44-49)70(53-24-8-3-9-25-53)64-33-16-11-28-57(64)58-29-12-17-34-65(58)70/h1-45H. The van der Waals surface area contributed by atoms with Crippen LogP contribution in [0, 0.1) is 0 Å². The predicted octanol–water partition coefficient (Wildman–Crippen LogP) is 11.9. The Bertz CT molecular complexity index is 3870. The normalized spacial score (nSPS) is 13.7. The second-order valence-electron chi connectivity index (χ2n) is 18.7. The third-order valence-corrected chi connectivity index (χ3v) is 26.1. The van der Waals surface area contributed by atoms with Crippen LogP contribution in [0.3, 0.4) is 0 Å². The highest BCUT2D eigenvalue weighted by atomic mass is 32.1. The summed E-state index contributed by atoms with van der Waals surface area (Å²) in [5, 5.41) is 14.0. The SMILES string of the molecule is c1ccc([Si]2(c3cccc(N(c4ccc(-c5ccc6c(c5)[Si](c5ccccc5)(c5ccccc5)c5ccccc5-6)cc4)c4ccc5c(c4)sc4ccccc45)c3)c3ccccc3-c3ccccc32)cc1. The van der Waals surface area contributed by atoms with E-state index in [2.05, 4.69) is 278 Å². The molecule has 0 saturated carbocycles. The van der Waals surface area contributed by atoms with Crippen LogP contribution in [0.4, 0.5) is 17.1 Å². The molecule has 0 N–H and O–H groups in total. The van der Waals surface area contributed by atoms with Crippen LogP contribution in [-0.2, 0) is 0 Å². The number of nitrogens with zero attached hydrogens (tertiary/aromatic N) is 1. The van der Waals surface area contributed by atoms with Gasteiger partial charge in [0.2, 0.25) is 0 Å². The van der Waals surface area contributed by atoms with Crippen molar-refractivity contribution in [3.05, 3.63) is 273 Å². The van der Waals surface area contributed by atoms with E-state index >= 15 is 0 Å². The van der Waals surface area contributed by atoms with E-state index in [1.54, 1.807) is 0 Å². The summed E-state index contributed by atoms with van der Waals surface area (Å²) < 4.78 is 2.60. The van der Waals surface area contributed by atoms with Crippen molar-refractivity contribution in [2.45, 2.75) is 0 Å². The summed E-state index contributed by atoms with van der Waals surface area (Å²) in [6.07, 6.45) is 0. The quantitative estimate of drug-likeness (QED) is 0.137. The van der Waals surface area contributed by atoms with E-state index in [0.717, 1.165) is 17.1 Å². The maximum Gasteiger partial charge on any atom is 0.180 e. The zero-order valence-corrected chi connectivity index (χ0v) is 41.2. The largest absolute Gasteiger partial charge is 0.310 e. The highest BCUT2D eigenvalue weighted by molar-refractivity contribution is 7.26. The molecule has 4 heteroatoms. The molecule has 0 bridgehead atoms. The van der Waals surface area contributed by atoms with Gasteiger partial charge in [-0.1, -0.05) is 231 Å². The molecule has 1 aromatic heterocycles. The molecule has 0 fully saturated rings. The highest BCUT2D eigenvalue weighted by Crippen LogP contribution is 2.42. The summed E-state index contributed by atoms with van der Waals surface area (Å²) >= 11 is 1.87.